The van der Waals surface area contributed by atoms with Gasteiger partial charge in [-0.15, -0.1) is 0 Å². The molecule has 104 valence electrons. The average Bonchev–Trinajstić information content (AvgIpc) is 2.86. The van der Waals surface area contributed by atoms with Gasteiger partial charge in [-0.2, -0.15) is 0 Å². The molecule has 0 heterocycles. The van der Waals surface area contributed by atoms with Crippen molar-refractivity contribution >= 4 is 11.8 Å². The van der Waals surface area contributed by atoms with Crippen LogP contribution in [0.3, 0.4) is 0 Å². The number of likely N-dealkylation sites (N-methyl/N-ethyl adjacent to an activating group) is 1. The Morgan fingerprint density at radius 3 is 2.56 bits per heavy atom. The number of aliphatic hydroxyl groups excluding tert-OH is 1. The molecule has 0 bridgehead atoms. The molecule has 0 aromatic rings. The molecule has 0 aromatic heterocycles. The maximum Gasteiger partial charge on any atom is 0.241 e. The van der Waals surface area contributed by atoms with Gasteiger partial charge in [0.15, 0.2) is 0 Å². The summed E-state index contributed by atoms with van der Waals surface area (Å²) in [6, 6.07) is 0. The van der Waals surface area contributed by atoms with Crippen LogP contribution >= 0.6 is 0 Å². The van der Waals surface area contributed by atoms with Gasteiger partial charge in [-0.1, -0.05) is 12.8 Å². The highest BCUT2D eigenvalue weighted by Gasteiger charge is 2.23. The molecule has 1 rings (SSSR count). The minimum Gasteiger partial charge on any atom is -0.393 e. The number of rotatable bonds is 6. The van der Waals surface area contributed by atoms with Crippen LogP contribution in [-0.2, 0) is 9.59 Å². The molecule has 0 radical (unpaired) electrons. The van der Waals surface area contributed by atoms with Crippen LogP contribution in [0, 0.1) is 5.92 Å². The average molecular weight is 256 g/mol. The summed E-state index contributed by atoms with van der Waals surface area (Å²) in [6.45, 7) is 2.27. The van der Waals surface area contributed by atoms with Gasteiger partial charge in [0, 0.05) is 19.5 Å². The lowest BCUT2D eigenvalue weighted by Crippen LogP contribution is -2.40. The normalized spacial score (nSPS) is 17.5. The number of hydrogen-bond donors (Lipinski definition) is 2. The third-order valence-corrected chi connectivity index (χ3v) is 3.45. The summed E-state index contributed by atoms with van der Waals surface area (Å²) in [5, 5.41) is 11.8. The summed E-state index contributed by atoms with van der Waals surface area (Å²) in [5.74, 6) is -0.00709. The van der Waals surface area contributed by atoms with E-state index in [0.29, 0.717) is 13.0 Å². The fourth-order valence-corrected chi connectivity index (χ4v) is 2.14. The van der Waals surface area contributed by atoms with Crippen LogP contribution in [-0.4, -0.2) is 48.1 Å². The molecule has 5 heteroatoms. The highest BCUT2D eigenvalue weighted by Crippen LogP contribution is 2.24. The van der Waals surface area contributed by atoms with E-state index in [0.717, 1.165) is 25.7 Å². The van der Waals surface area contributed by atoms with Crippen LogP contribution in [0.5, 0.6) is 0 Å². The Morgan fingerprint density at radius 2 is 2.00 bits per heavy atom. The second-order valence-electron chi connectivity index (χ2n) is 5.15. The second kappa shape index (κ2) is 7.36. The molecule has 0 spiro atoms. The standard InChI is InChI=1S/C13H24N2O3/c1-10(16)7-8-15(2)12(17)9-14-13(18)11-5-3-4-6-11/h10-11,16H,3-9H2,1-2H3,(H,14,18). The van der Waals surface area contributed by atoms with Crippen molar-refractivity contribution in [3.8, 4) is 0 Å². The molecular weight excluding hydrogens is 232 g/mol. The minimum atomic E-state index is -0.409. The van der Waals surface area contributed by atoms with Crippen molar-refractivity contribution in [3.63, 3.8) is 0 Å². The fraction of sp³-hybridized carbons (Fsp3) is 0.846. The van der Waals surface area contributed by atoms with E-state index in [-0.39, 0.29) is 24.3 Å². The molecule has 5 nitrogen and oxygen atoms in total. The first kappa shape index (κ1) is 15.0. The number of amides is 2. The quantitative estimate of drug-likeness (QED) is 0.728. The minimum absolute atomic E-state index is 0.00442. The van der Waals surface area contributed by atoms with Crippen LogP contribution in [0.25, 0.3) is 0 Å². The van der Waals surface area contributed by atoms with E-state index in [1.165, 1.54) is 0 Å². The van der Waals surface area contributed by atoms with Crippen LogP contribution in [0.15, 0.2) is 0 Å². The molecule has 1 fully saturated rings. The van der Waals surface area contributed by atoms with E-state index >= 15 is 0 Å². The molecule has 18 heavy (non-hydrogen) atoms. The number of nitrogens with one attached hydrogen (secondary N) is 1. The Labute approximate surface area is 109 Å². The van der Waals surface area contributed by atoms with E-state index in [2.05, 4.69) is 5.32 Å². The number of carbonyl (C=O) groups excluding carboxylic acids is 2. The molecule has 2 amide bonds. The Balaban J connectivity index is 2.20. The smallest absolute Gasteiger partial charge is 0.241 e. The number of nitrogens with zero attached hydrogens (tertiary/aromatic N) is 1. The zero-order chi connectivity index (χ0) is 13.5. The number of hydrogen-bond acceptors (Lipinski definition) is 3. The van der Waals surface area contributed by atoms with Gasteiger partial charge < -0.3 is 15.3 Å². The topological polar surface area (TPSA) is 69.6 Å². The van der Waals surface area contributed by atoms with Crippen LogP contribution < -0.4 is 5.32 Å². The molecule has 0 aromatic carbocycles. The maximum atomic E-state index is 11.7. The van der Waals surface area contributed by atoms with Crippen molar-refractivity contribution in [1.29, 1.82) is 0 Å². The van der Waals surface area contributed by atoms with Gasteiger partial charge in [-0.25, -0.2) is 0 Å². The lowest BCUT2D eigenvalue weighted by Gasteiger charge is -2.19. The molecule has 0 saturated heterocycles. The summed E-state index contributed by atoms with van der Waals surface area (Å²) in [6.07, 6.45) is 4.25. The van der Waals surface area contributed by atoms with Crippen molar-refractivity contribution in [2.24, 2.45) is 5.92 Å². The molecule has 1 aliphatic rings. The molecular formula is C13H24N2O3. The molecule has 1 aliphatic carbocycles. The summed E-state index contributed by atoms with van der Waals surface area (Å²) in [5.41, 5.74) is 0. The van der Waals surface area contributed by atoms with Gasteiger partial charge in [0.25, 0.3) is 0 Å². The first-order valence-corrected chi connectivity index (χ1v) is 6.70. The third kappa shape index (κ3) is 5.04. The van der Waals surface area contributed by atoms with Gasteiger partial charge in [-0.05, 0) is 26.2 Å². The highest BCUT2D eigenvalue weighted by molar-refractivity contribution is 5.85. The zero-order valence-corrected chi connectivity index (χ0v) is 11.3. The van der Waals surface area contributed by atoms with E-state index in [9.17, 15) is 9.59 Å². The van der Waals surface area contributed by atoms with Crippen molar-refractivity contribution in [3.05, 3.63) is 0 Å². The van der Waals surface area contributed by atoms with E-state index in [1.54, 1.807) is 18.9 Å². The van der Waals surface area contributed by atoms with Crippen molar-refractivity contribution in [2.45, 2.75) is 45.1 Å². The van der Waals surface area contributed by atoms with Gasteiger partial charge in [0.2, 0.25) is 11.8 Å². The maximum absolute atomic E-state index is 11.7. The predicted octanol–water partition coefficient (Wildman–Crippen LogP) is 0.522. The van der Waals surface area contributed by atoms with E-state index in [4.69, 9.17) is 5.11 Å². The molecule has 0 aliphatic heterocycles. The van der Waals surface area contributed by atoms with Gasteiger partial charge in [0.1, 0.15) is 0 Å². The Hall–Kier alpha value is -1.10. The number of carbonyl (C=O) groups is 2. The summed E-state index contributed by atoms with van der Waals surface area (Å²) >= 11 is 0. The lowest BCUT2D eigenvalue weighted by atomic mass is 10.1. The van der Waals surface area contributed by atoms with E-state index < -0.39 is 6.10 Å². The molecule has 1 atom stereocenters. The lowest BCUT2D eigenvalue weighted by molar-refractivity contribution is -0.133. The van der Waals surface area contributed by atoms with Crippen molar-refractivity contribution < 1.29 is 14.7 Å². The van der Waals surface area contributed by atoms with E-state index in [1.807, 2.05) is 0 Å². The third-order valence-electron chi connectivity index (χ3n) is 3.45. The van der Waals surface area contributed by atoms with Crippen LogP contribution in [0.1, 0.15) is 39.0 Å². The number of aliphatic hydroxyl groups is 1. The molecule has 1 unspecified atom stereocenters. The van der Waals surface area contributed by atoms with Crippen LogP contribution in [0.2, 0.25) is 0 Å². The Morgan fingerprint density at radius 1 is 1.39 bits per heavy atom. The van der Waals surface area contributed by atoms with Crippen LogP contribution in [0.4, 0.5) is 0 Å². The summed E-state index contributed by atoms with van der Waals surface area (Å²) in [4.78, 5) is 25.0. The highest BCUT2D eigenvalue weighted by atomic mass is 16.3. The Kier molecular flexibility index (Phi) is 6.12. The van der Waals surface area contributed by atoms with Crippen molar-refractivity contribution in [1.82, 2.24) is 10.2 Å². The SMILES string of the molecule is CC(O)CCN(C)C(=O)CNC(=O)C1CCCC1. The predicted molar refractivity (Wildman–Crippen MR) is 68.9 cm³/mol. The van der Waals surface area contributed by atoms with Gasteiger partial charge in [-0.3, -0.25) is 9.59 Å². The largest absolute Gasteiger partial charge is 0.393 e. The van der Waals surface area contributed by atoms with Crippen molar-refractivity contribution in [2.75, 3.05) is 20.1 Å². The zero-order valence-electron chi connectivity index (χ0n) is 11.3. The molecule has 1 saturated carbocycles. The second-order valence-corrected chi connectivity index (χ2v) is 5.15. The molecule has 2 N–H and O–H groups in total. The summed E-state index contributed by atoms with van der Waals surface area (Å²) in [7, 11) is 1.69. The first-order chi connectivity index (χ1) is 8.50. The summed E-state index contributed by atoms with van der Waals surface area (Å²) < 4.78 is 0. The monoisotopic (exact) mass is 256 g/mol. The van der Waals surface area contributed by atoms with Gasteiger partial charge in [0.05, 0.1) is 12.6 Å². The first-order valence-electron chi connectivity index (χ1n) is 6.70. The fourth-order valence-electron chi connectivity index (χ4n) is 2.14. The van der Waals surface area contributed by atoms with Gasteiger partial charge >= 0.3 is 0 Å². The Bertz CT molecular complexity index is 286.